The molecule has 2 heterocycles. The van der Waals surface area contributed by atoms with Gasteiger partial charge in [-0.1, -0.05) is 29.0 Å². The van der Waals surface area contributed by atoms with Crippen molar-refractivity contribution < 1.29 is 14.3 Å². The summed E-state index contributed by atoms with van der Waals surface area (Å²) in [6, 6.07) is 9.37. The molecule has 1 fully saturated rings. The Morgan fingerprint density at radius 3 is 2.83 bits per heavy atom. The van der Waals surface area contributed by atoms with E-state index in [1.165, 1.54) is 11.3 Å². The van der Waals surface area contributed by atoms with Gasteiger partial charge in [0.05, 0.1) is 29.5 Å². The third-order valence-electron chi connectivity index (χ3n) is 5.31. The molecular formula is C22H23ClN2O3S. The number of ether oxygens (including phenoxy) is 2. The van der Waals surface area contributed by atoms with Gasteiger partial charge < -0.3 is 9.47 Å². The normalized spacial score (nSPS) is 16.3. The van der Waals surface area contributed by atoms with Gasteiger partial charge in [0.25, 0.3) is 5.91 Å². The Hall–Kier alpha value is -2.15. The van der Waals surface area contributed by atoms with Crippen LogP contribution in [0.3, 0.4) is 0 Å². The third kappa shape index (κ3) is 3.97. The quantitative estimate of drug-likeness (QED) is 0.543. The van der Waals surface area contributed by atoms with Crippen LogP contribution >= 0.6 is 22.9 Å². The summed E-state index contributed by atoms with van der Waals surface area (Å²) in [5, 5.41) is 1.20. The summed E-state index contributed by atoms with van der Waals surface area (Å²) in [6.45, 7) is 5.25. The van der Waals surface area contributed by atoms with Crippen molar-refractivity contribution in [2.24, 2.45) is 0 Å². The Bertz CT molecular complexity index is 1060. The minimum atomic E-state index is -0.0854. The van der Waals surface area contributed by atoms with Gasteiger partial charge in [-0.2, -0.15) is 0 Å². The maximum atomic E-state index is 13.5. The summed E-state index contributed by atoms with van der Waals surface area (Å²) >= 11 is 7.80. The zero-order valence-corrected chi connectivity index (χ0v) is 18.3. The van der Waals surface area contributed by atoms with Gasteiger partial charge in [-0.3, -0.25) is 9.69 Å². The molecule has 0 radical (unpaired) electrons. The monoisotopic (exact) mass is 430 g/mol. The number of aryl methyl sites for hydroxylation is 2. The highest BCUT2D eigenvalue weighted by Gasteiger charge is 2.28. The van der Waals surface area contributed by atoms with Crippen LogP contribution in [0.5, 0.6) is 5.75 Å². The fourth-order valence-corrected chi connectivity index (χ4v) is 4.76. The minimum Gasteiger partial charge on any atom is -0.494 e. The molecule has 2 aromatic carbocycles. The van der Waals surface area contributed by atoms with Gasteiger partial charge >= 0.3 is 0 Å². The van der Waals surface area contributed by atoms with E-state index in [0.29, 0.717) is 33.5 Å². The molecule has 1 unspecified atom stereocenters. The predicted molar refractivity (Wildman–Crippen MR) is 118 cm³/mol. The zero-order valence-electron chi connectivity index (χ0n) is 16.7. The van der Waals surface area contributed by atoms with Gasteiger partial charge in [0.1, 0.15) is 11.3 Å². The van der Waals surface area contributed by atoms with Crippen LogP contribution in [0.25, 0.3) is 10.2 Å². The number of thiazole rings is 1. The number of halogens is 1. The first-order valence-electron chi connectivity index (χ1n) is 9.61. The molecule has 0 N–H and O–H groups in total. The summed E-state index contributed by atoms with van der Waals surface area (Å²) in [5.74, 6) is 0.556. The van der Waals surface area contributed by atoms with Crippen LogP contribution in [0.1, 0.15) is 34.3 Å². The first-order chi connectivity index (χ1) is 14.0. The lowest BCUT2D eigenvalue weighted by atomic mass is 10.1. The number of fused-ring (bicyclic) bond motifs is 1. The highest BCUT2D eigenvalue weighted by Crippen LogP contribution is 2.39. The Labute approximate surface area is 179 Å². The number of amides is 1. The lowest BCUT2D eigenvalue weighted by molar-refractivity contribution is 0.0917. The van der Waals surface area contributed by atoms with Crippen LogP contribution in [-0.2, 0) is 4.74 Å². The highest BCUT2D eigenvalue weighted by molar-refractivity contribution is 7.23. The summed E-state index contributed by atoms with van der Waals surface area (Å²) in [6.07, 6.45) is 1.96. The predicted octanol–water partition coefficient (Wildman–Crippen LogP) is 5.40. The van der Waals surface area contributed by atoms with Crippen molar-refractivity contribution in [3.8, 4) is 5.75 Å². The number of nitrogens with zero attached hydrogens (tertiary/aromatic N) is 2. The average molecular weight is 431 g/mol. The number of benzene rings is 2. The summed E-state index contributed by atoms with van der Waals surface area (Å²) in [4.78, 5) is 19.9. The van der Waals surface area contributed by atoms with Crippen LogP contribution in [0.2, 0.25) is 5.02 Å². The van der Waals surface area contributed by atoms with Gasteiger partial charge in [-0.05, 0) is 62.1 Å². The maximum Gasteiger partial charge on any atom is 0.260 e. The molecule has 0 spiro atoms. The second kappa shape index (κ2) is 8.30. The lowest BCUT2D eigenvalue weighted by Crippen LogP contribution is -2.37. The van der Waals surface area contributed by atoms with Crippen molar-refractivity contribution in [1.82, 2.24) is 4.98 Å². The number of hydrogen-bond donors (Lipinski definition) is 0. The number of methoxy groups -OCH3 is 1. The molecule has 1 amide bonds. The van der Waals surface area contributed by atoms with Crippen molar-refractivity contribution in [2.75, 3.05) is 25.2 Å². The SMILES string of the molecule is COc1ccc(Cl)c2sc(N(CC3CCCO3)C(=O)c3ccc(C)c(C)c3)nc12. The minimum absolute atomic E-state index is 0.00914. The molecule has 5 nitrogen and oxygen atoms in total. The van der Waals surface area contributed by atoms with E-state index in [-0.39, 0.29) is 12.0 Å². The molecule has 0 saturated carbocycles. The molecular weight excluding hydrogens is 408 g/mol. The van der Waals surface area contributed by atoms with E-state index in [2.05, 4.69) is 0 Å². The summed E-state index contributed by atoms with van der Waals surface area (Å²) in [5.41, 5.74) is 3.55. The molecule has 0 bridgehead atoms. The first-order valence-corrected chi connectivity index (χ1v) is 10.8. The van der Waals surface area contributed by atoms with Crippen molar-refractivity contribution in [1.29, 1.82) is 0 Å². The van der Waals surface area contributed by atoms with Crippen LogP contribution in [0.4, 0.5) is 5.13 Å². The number of aromatic nitrogens is 1. The topological polar surface area (TPSA) is 51.7 Å². The van der Waals surface area contributed by atoms with E-state index in [0.717, 1.165) is 35.3 Å². The molecule has 1 aliphatic rings. The molecule has 0 aliphatic carbocycles. The van der Waals surface area contributed by atoms with Gasteiger partial charge in [0, 0.05) is 12.2 Å². The van der Waals surface area contributed by atoms with E-state index in [4.69, 9.17) is 26.1 Å². The molecule has 1 aromatic heterocycles. The third-order valence-corrected chi connectivity index (χ3v) is 6.85. The van der Waals surface area contributed by atoms with E-state index in [9.17, 15) is 4.79 Å². The Morgan fingerprint density at radius 2 is 2.14 bits per heavy atom. The summed E-state index contributed by atoms with van der Waals surface area (Å²) < 4.78 is 12.1. The molecule has 4 rings (SSSR count). The number of hydrogen-bond acceptors (Lipinski definition) is 5. The van der Waals surface area contributed by atoms with E-state index >= 15 is 0 Å². The molecule has 1 saturated heterocycles. The largest absolute Gasteiger partial charge is 0.494 e. The van der Waals surface area contributed by atoms with Crippen LogP contribution in [0, 0.1) is 13.8 Å². The number of rotatable bonds is 5. The van der Waals surface area contributed by atoms with Gasteiger partial charge in [-0.15, -0.1) is 0 Å². The molecule has 152 valence electrons. The maximum absolute atomic E-state index is 13.5. The Morgan fingerprint density at radius 1 is 1.31 bits per heavy atom. The highest BCUT2D eigenvalue weighted by atomic mass is 35.5. The Kier molecular flexibility index (Phi) is 5.76. The first kappa shape index (κ1) is 20.1. The average Bonchev–Trinajstić information content (AvgIpc) is 3.38. The smallest absolute Gasteiger partial charge is 0.260 e. The second-order valence-electron chi connectivity index (χ2n) is 7.27. The molecule has 3 aromatic rings. The molecule has 7 heteroatoms. The van der Waals surface area contributed by atoms with Gasteiger partial charge in [0.15, 0.2) is 5.13 Å². The van der Waals surface area contributed by atoms with Crippen LogP contribution in [0.15, 0.2) is 30.3 Å². The Balaban J connectivity index is 1.77. The van der Waals surface area contributed by atoms with E-state index < -0.39 is 0 Å². The van der Waals surface area contributed by atoms with E-state index in [1.807, 2.05) is 32.0 Å². The van der Waals surface area contributed by atoms with Crippen molar-refractivity contribution >= 4 is 44.2 Å². The molecule has 1 atom stereocenters. The zero-order chi connectivity index (χ0) is 20.5. The number of carbonyl (C=O) groups is 1. The fourth-order valence-electron chi connectivity index (χ4n) is 3.49. The molecule has 29 heavy (non-hydrogen) atoms. The standard InChI is InChI=1S/C22H23ClN2O3S/c1-13-6-7-15(11-14(13)2)21(26)25(12-16-5-4-10-28-16)22-24-19-18(27-3)9-8-17(23)20(19)29-22/h6-9,11,16H,4-5,10,12H2,1-3H3. The van der Waals surface area contributed by atoms with Crippen LogP contribution in [-0.4, -0.2) is 37.3 Å². The molecule has 1 aliphatic heterocycles. The number of carbonyl (C=O) groups excluding carboxylic acids is 1. The van der Waals surface area contributed by atoms with Crippen molar-refractivity contribution in [3.63, 3.8) is 0 Å². The van der Waals surface area contributed by atoms with E-state index in [1.54, 1.807) is 24.1 Å². The summed E-state index contributed by atoms with van der Waals surface area (Å²) in [7, 11) is 1.60. The fraction of sp³-hybridized carbons (Fsp3) is 0.364. The van der Waals surface area contributed by atoms with Gasteiger partial charge in [-0.25, -0.2) is 4.98 Å². The van der Waals surface area contributed by atoms with Crippen LogP contribution < -0.4 is 9.64 Å². The van der Waals surface area contributed by atoms with Gasteiger partial charge in [0.2, 0.25) is 0 Å². The van der Waals surface area contributed by atoms with Crippen molar-refractivity contribution in [2.45, 2.75) is 32.8 Å². The second-order valence-corrected chi connectivity index (χ2v) is 8.66. The number of anilines is 1. The lowest BCUT2D eigenvalue weighted by Gasteiger charge is -2.23. The van der Waals surface area contributed by atoms with Crippen molar-refractivity contribution in [3.05, 3.63) is 52.0 Å².